The third kappa shape index (κ3) is 3.98. The summed E-state index contributed by atoms with van der Waals surface area (Å²) in [6.07, 6.45) is 0. The summed E-state index contributed by atoms with van der Waals surface area (Å²) in [5.74, 6) is -0.300. The van der Waals surface area contributed by atoms with Crippen molar-refractivity contribution < 1.29 is 23.9 Å². The van der Waals surface area contributed by atoms with E-state index in [2.05, 4.69) is 5.32 Å². The fraction of sp³-hybridized carbons (Fsp3) is 0.125. The first-order chi connectivity index (χ1) is 15.0. The largest absolute Gasteiger partial charge is 0.494 e. The Morgan fingerprint density at radius 2 is 1.58 bits per heavy atom. The van der Waals surface area contributed by atoms with Gasteiger partial charge in [0.05, 0.1) is 23.9 Å². The second kappa shape index (κ2) is 8.31. The highest BCUT2D eigenvalue weighted by Crippen LogP contribution is 2.36. The fourth-order valence-electron chi connectivity index (χ4n) is 3.33. The van der Waals surface area contributed by atoms with E-state index in [1.807, 2.05) is 19.1 Å². The predicted octanol–water partition coefficient (Wildman–Crippen LogP) is 3.82. The maximum atomic E-state index is 12.7. The molecule has 3 aromatic carbocycles. The highest BCUT2D eigenvalue weighted by Gasteiger charge is 2.37. The maximum Gasteiger partial charge on any atom is 0.266 e. The quantitative estimate of drug-likeness (QED) is 0.618. The number of carbonyl (C=O) groups excluding carboxylic acids is 3. The van der Waals surface area contributed by atoms with Gasteiger partial charge in [0, 0.05) is 11.8 Å². The summed E-state index contributed by atoms with van der Waals surface area (Å²) in [6.45, 7) is 1.81. The number of benzene rings is 3. The fourth-order valence-corrected chi connectivity index (χ4v) is 3.33. The molecular weight excluding hydrogens is 396 g/mol. The first kappa shape index (κ1) is 20.2. The second-order valence-electron chi connectivity index (χ2n) is 7.03. The van der Waals surface area contributed by atoms with Crippen LogP contribution in [-0.2, 0) is 4.79 Å². The maximum absolute atomic E-state index is 12.7. The van der Waals surface area contributed by atoms with Gasteiger partial charge in [-0.2, -0.15) is 0 Å². The zero-order valence-electron chi connectivity index (χ0n) is 17.0. The zero-order chi connectivity index (χ0) is 22.0. The molecule has 0 spiro atoms. The Bertz CT molecular complexity index is 1140. The Hall–Kier alpha value is -4.13. The van der Waals surface area contributed by atoms with Gasteiger partial charge in [-0.1, -0.05) is 29.8 Å². The summed E-state index contributed by atoms with van der Waals surface area (Å²) in [6, 6.07) is 18.8. The van der Waals surface area contributed by atoms with E-state index in [-0.39, 0.29) is 18.3 Å². The SMILES string of the molecule is COc1cc(NC(=O)COc2ccc(C)cc2)ccc1N1C(=O)c2ccccc2C1=O. The molecule has 3 aromatic rings. The minimum atomic E-state index is -0.415. The Labute approximate surface area is 179 Å². The van der Waals surface area contributed by atoms with Gasteiger partial charge in [0.25, 0.3) is 17.7 Å². The molecule has 31 heavy (non-hydrogen) atoms. The highest BCUT2D eigenvalue weighted by atomic mass is 16.5. The minimum absolute atomic E-state index is 0.161. The van der Waals surface area contributed by atoms with Crippen molar-refractivity contribution in [2.75, 3.05) is 23.9 Å². The Kier molecular flexibility index (Phi) is 5.41. The molecule has 1 aliphatic rings. The lowest BCUT2D eigenvalue weighted by Crippen LogP contribution is -2.29. The molecule has 1 N–H and O–H groups in total. The molecule has 0 fully saturated rings. The number of nitrogens with one attached hydrogen (secondary N) is 1. The monoisotopic (exact) mass is 416 g/mol. The van der Waals surface area contributed by atoms with E-state index in [9.17, 15) is 14.4 Å². The van der Waals surface area contributed by atoms with Crippen LogP contribution < -0.4 is 19.7 Å². The minimum Gasteiger partial charge on any atom is -0.494 e. The summed E-state index contributed by atoms with van der Waals surface area (Å²) in [5, 5.41) is 2.72. The van der Waals surface area contributed by atoms with Crippen molar-refractivity contribution in [3.63, 3.8) is 0 Å². The van der Waals surface area contributed by atoms with Gasteiger partial charge >= 0.3 is 0 Å². The van der Waals surface area contributed by atoms with Crippen LogP contribution in [0.15, 0.2) is 66.7 Å². The van der Waals surface area contributed by atoms with Crippen molar-refractivity contribution in [2.45, 2.75) is 6.92 Å². The summed E-state index contributed by atoms with van der Waals surface area (Å²) in [4.78, 5) is 38.8. The van der Waals surface area contributed by atoms with E-state index in [0.717, 1.165) is 10.5 Å². The smallest absolute Gasteiger partial charge is 0.266 e. The molecule has 0 atom stereocenters. The van der Waals surface area contributed by atoms with E-state index >= 15 is 0 Å². The summed E-state index contributed by atoms with van der Waals surface area (Å²) >= 11 is 0. The molecule has 0 aromatic heterocycles. The van der Waals surface area contributed by atoms with Crippen molar-refractivity contribution >= 4 is 29.1 Å². The van der Waals surface area contributed by atoms with E-state index in [4.69, 9.17) is 9.47 Å². The molecule has 0 saturated heterocycles. The van der Waals surface area contributed by atoms with Gasteiger partial charge in [0.2, 0.25) is 0 Å². The van der Waals surface area contributed by atoms with Gasteiger partial charge < -0.3 is 14.8 Å². The molecule has 1 aliphatic heterocycles. The van der Waals surface area contributed by atoms with Crippen molar-refractivity contribution in [1.29, 1.82) is 0 Å². The predicted molar refractivity (Wildman–Crippen MR) is 116 cm³/mol. The molecule has 0 unspecified atom stereocenters. The number of rotatable bonds is 6. The number of imide groups is 1. The van der Waals surface area contributed by atoms with Crippen LogP contribution in [0.5, 0.6) is 11.5 Å². The van der Waals surface area contributed by atoms with Crippen LogP contribution in [-0.4, -0.2) is 31.4 Å². The molecular formula is C24H20N2O5. The van der Waals surface area contributed by atoms with Crippen LogP contribution in [0.3, 0.4) is 0 Å². The second-order valence-corrected chi connectivity index (χ2v) is 7.03. The van der Waals surface area contributed by atoms with E-state index in [0.29, 0.717) is 28.3 Å². The summed E-state index contributed by atoms with van der Waals surface area (Å²) in [5.41, 5.74) is 2.56. The van der Waals surface area contributed by atoms with E-state index in [1.165, 1.54) is 7.11 Å². The Morgan fingerprint density at radius 3 is 2.19 bits per heavy atom. The molecule has 3 amide bonds. The third-order valence-electron chi connectivity index (χ3n) is 4.89. The summed E-state index contributed by atoms with van der Waals surface area (Å²) < 4.78 is 10.9. The van der Waals surface area contributed by atoms with Crippen LogP contribution in [0.1, 0.15) is 26.3 Å². The number of anilines is 2. The first-order valence-corrected chi connectivity index (χ1v) is 9.63. The van der Waals surface area contributed by atoms with Crippen molar-refractivity contribution in [3.8, 4) is 11.5 Å². The van der Waals surface area contributed by atoms with Gasteiger partial charge in [-0.3, -0.25) is 14.4 Å². The molecule has 1 heterocycles. The normalized spacial score (nSPS) is 12.5. The lowest BCUT2D eigenvalue weighted by molar-refractivity contribution is -0.118. The number of hydrogen-bond donors (Lipinski definition) is 1. The molecule has 4 rings (SSSR count). The average Bonchev–Trinajstić information content (AvgIpc) is 3.03. The number of hydrogen-bond acceptors (Lipinski definition) is 5. The van der Waals surface area contributed by atoms with E-state index < -0.39 is 11.8 Å². The van der Waals surface area contributed by atoms with Crippen molar-refractivity contribution in [1.82, 2.24) is 0 Å². The topological polar surface area (TPSA) is 84.9 Å². The molecule has 156 valence electrons. The number of ether oxygens (including phenoxy) is 2. The van der Waals surface area contributed by atoms with Crippen LogP contribution >= 0.6 is 0 Å². The van der Waals surface area contributed by atoms with Crippen LogP contribution in [0.25, 0.3) is 0 Å². The number of aryl methyl sites for hydroxylation is 1. The molecule has 0 bridgehead atoms. The van der Waals surface area contributed by atoms with E-state index in [1.54, 1.807) is 54.6 Å². The number of amides is 3. The molecule has 7 nitrogen and oxygen atoms in total. The number of methoxy groups -OCH3 is 1. The first-order valence-electron chi connectivity index (χ1n) is 9.63. The number of fused-ring (bicyclic) bond motifs is 1. The van der Waals surface area contributed by atoms with Gasteiger partial charge in [-0.05, 0) is 43.3 Å². The lowest BCUT2D eigenvalue weighted by atomic mass is 10.1. The van der Waals surface area contributed by atoms with Crippen LogP contribution in [0, 0.1) is 6.92 Å². The van der Waals surface area contributed by atoms with Crippen LogP contribution in [0.2, 0.25) is 0 Å². The van der Waals surface area contributed by atoms with Gasteiger partial charge in [0.1, 0.15) is 11.5 Å². The van der Waals surface area contributed by atoms with Gasteiger partial charge in [0.15, 0.2) is 6.61 Å². The Balaban J connectivity index is 1.48. The lowest BCUT2D eigenvalue weighted by Gasteiger charge is -2.18. The molecule has 7 heteroatoms. The van der Waals surface area contributed by atoms with Gasteiger partial charge in [-0.25, -0.2) is 4.90 Å². The molecule has 0 aliphatic carbocycles. The van der Waals surface area contributed by atoms with Crippen molar-refractivity contribution in [2.24, 2.45) is 0 Å². The molecule has 0 radical (unpaired) electrons. The Morgan fingerprint density at radius 1 is 0.935 bits per heavy atom. The molecule has 0 saturated carbocycles. The summed E-state index contributed by atoms with van der Waals surface area (Å²) in [7, 11) is 1.43. The standard InChI is InChI=1S/C24H20N2O5/c1-15-7-10-17(11-8-15)31-14-22(27)25-16-9-12-20(21(13-16)30-2)26-23(28)18-5-3-4-6-19(18)24(26)29/h3-13H,14H2,1-2H3,(H,25,27). The number of nitrogens with zero attached hydrogens (tertiary/aromatic N) is 1. The highest BCUT2D eigenvalue weighted by molar-refractivity contribution is 6.34. The van der Waals surface area contributed by atoms with Crippen LogP contribution in [0.4, 0.5) is 11.4 Å². The van der Waals surface area contributed by atoms with Gasteiger partial charge in [-0.15, -0.1) is 0 Å². The zero-order valence-corrected chi connectivity index (χ0v) is 17.0. The third-order valence-corrected chi connectivity index (χ3v) is 4.89. The number of carbonyl (C=O) groups is 3. The van der Waals surface area contributed by atoms with Crippen molar-refractivity contribution in [3.05, 3.63) is 83.4 Å². The average molecular weight is 416 g/mol.